The van der Waals surface area contributed by atoms with E-state index in [9.17, 15) is 4.79 Å². The first-order chi connectivity index (χ1) is 8.18. The summed E-state index contributed by atoms with van der Waals surface area (Å²) >= 11 is 6.32. The topological polar surface area (TPSA) is 55.1 Å². The molecule has 1 amide bonds. The summed E-state index contributed by atoms with van der Waals surface area (Å²) in [5.41, 5.74) is 6.09. The summed E-state index contributed by atoms with van der Waals surface area (Å²) in [7, 11) is 0. The zero-order chi connectivity index (χ0) is 12.3. The van der Waals surface area contributed by atoms with Crippen molar-refractivity contribution in [3.05, 3.63) is 35.2 Å². The molecule has 0 atom stereocenters. The van der Waals surface area contributed by atoms with Gasteiger partial charge in [0.15, 0.2) is 0 Å². The third-order valence-corrected chi connectivity index (χ3v) is 3.55. The molecule has 0 aliphatic carbocycles. The number of carbonyl (C=O) groups is 1. The maximum absolute atomic E-state index is 11.9. The molecule has 1 aromatic heterocycles. The maximum Gasteiger partial charge on any atom is 0.252 e. The fraction of sp³-hybridized carbons (Fsp3) is 0.167. The molecule has 0 aliphatic rings. The second kappa shape index (κ2) is 5.25. The molecule has 3 N–H and O–H groups in total. The highest BCUT2D eigenvalue weighted by atomic mass is 32.1. The Morgan fingerprint density at radius 3 is 2.94 bits per heavy atom. The molecule has 17 heavy (non-hydrogen) atoms. The van der Waals surface area contributed by atoms with E-state index >= 15 is 0 Å². The molecule has 1 heterocycles. The number of hydrogen-bond acceptors (Lipinski definition) is 3. The van der Waals surface area contributed by atoms with Crippen LogP contribution in [0.25, 0.3) is 10.1 Å². The van der Waals surface area contributed by atoms with E-state index in [0.717, 1.165) is 10.1 Å². The van der Waals surface area contributed by atoms with Crippen LogP contribution < -0.4 is 11.1 Å². The average molecular weight is 264 g/mol. The van der Waals surface area contributed by atoms with Crippen LogP contribution in [0.2, 0.25) is 0 Å². The summed E-state index contributed by atoms with van der Waals surface area (Å²) in [4.78, 5) is 12.3. The number of thiocarbonyl (C=S) groups is 1. The fourth-order valence-corrected chi connectivity index (χ4v) is 2.59. The number of rotatable bonds is 4. The van der Waals surface area contributed by atoms with Crippen LogP contribution in [0.3, 0.4) is 0 Å². The van der Waals surface area contributed by atoms with Crippen LogP contribution in [0, 0.1) is 0 Å². The van der Waals surface area contributed by atoms with Crippen molar-refractivity contribution in [1.82, 2.24) is 5.32 Å². The van der Waals surface area contributed by atoms with Gasteiger partial charge in [-0.15, -0.1) is 11.3 Å². The van der Waals surface area contributed by atoms with Crippen LogP contribution in [0.1, 0.15) is 16.8 Å². The fourth-order valence-electron chi connectivity index (χ4n) is 1.55. The van der Waals surface area contributed by atoms with Crippen molar-refractivity contribution < 1.29 is 4.79 Å². The third-order valence-electron chi connectivity index (χ3n) is 2.38. The predicted octanol–water partition coefficient (Wildman–Crippen LogP) is 2.31. The van der Waals surface area contributed by atoms with Gasteiger partial charge in [-0.2, -0.15) is 0 Å². The molecule has 0 radical (unpaired) electrons. The Balaban J connectivity index is 2.11. The van der Waals surface area contributed by atoms with Crippen molar-refractivity contribution in [2.24, 2.45) is 5.73 Å². The van der Waals surface area contributed by atoms with Crippen LogP contribution in [0.15, 0.2) is 29.6 Å². The first-order valence-electron chi connectivity index (χ1n) is 5.21. The van der Waals surface area contributed by atoms with E-state index in [-0.39, 0.29) is 5.91 Å². The molecule has 2 aromatic rings. The zero-order valence-corrected chi connectivity index (χ0v) is 10.7. The molecular formula is C12H12N2OS2. The summed E-state index contributed by atoms with van der Waals surface area (Å²) in [6, 6.07) is 7.86. The number of nitrogens with one attached hydrogen (secondary N) is 1. The van der Waals surface area contributed by atoms with Crippen molar-refractivity contribution >= 4 is 44.5 Å². The maximum atomic E-state index is 11.9. The Morgan fingerprint density at radius 2 is 2.18 bits per heavy atom. The Kier molecular flexibility index (Phi) is 3.71. The molecule has 0 saturated heterocycles. The highest BCUT2D eigenvalue weighted by molar-refractivity contribution is 7.80. The molecule has 2 rings (SSSR count). The molecule has 0 aliphatic heterocycles. The van der Waals surface area contributed by atoms with Crippen molar-refractivity contribution in [3.8, 4) is 0 Å². The second-order valence-electron chi connectivity index (χ2n) is 3.62. The lowest BCUT2D eigenvalue weighted by Crippen LogP contribution is -2.27. The standard InChI is InChI=1S/C12H12N2OS2/c13-11(16)5-6-14-12(15)9-7-17-10-4-2-1-3-8(9)10/h1-4,7H,5-6H2,(H2,13,16)(H,14,15). The highest BCUT2D eigenvalue weighted by Crippen LogP contribution is 2.25. The van der Waals surface area contributed by atoms with Crippen molar-refractivity contribution in [2.45, 2.75) is 6.42 Å². The minimum atomic E-state index is -0.0706. The first kappa shape index (κ1) is 12.0. The van der Waals surface area contributed by atoms with E-state index in [4.69, 9.17) is 18.0 Å². The van der Waals surface area contributed by atoms with Gasteiger partial charge >= 0.3 is 0 Å². The van der Waals surface area contributed by atoms with E-state index in [2.05, 4.69) is 5.32 Å². The Hall–Kier alpha value is -1.46. The molecule has 0 saturated carbocycles. The lowest BCUT2D eigenvalue weighted by molar-refractivity contribution is 0.0957. The number of benzene rings is 1. The van der Waals surface area contributed by atoms with Crippen molar-refractivity contribution in [1.29, 1.82) is 0 Å². The van der Waals surface area contributed by atoms with E-state index in [0.29, 0.717) is 23.5 Å². The Morgan fingerprint density at radius 1 is 1.41 bits per heavy atom. The molecule has 0 spiro atoms. The average Bonchev–Trinajstić information content (AvgIpc) is 2.72. The summed E-state index contributed by atoms with van der Waals surface area (Å²) in [6.07, 6.45) is 0.531. The van der Waals surface area contributed by atoms with Crippen LogP contribution in [-0.2, 0) is 0 Å². The summed E-state index contributed by atoms with van der Waals surface area (Å²) in [5.74, 6) is -0.0706. The number of fused-ring (bicyclic) bond motifs is 1. The van der Waals surface area contributed by atoms with Gasteiger partial charge in [0, 0.05) is 28.4 Å². The van der Waals surface area contributed by atoms with Gasteiger partial charge < -0.3 is 11.1 Å². The van der Waals surface area contributed by atoms with Gasteiger partial charge in [0.1, 0.15) is 0 Å². The van der Waals surface area contributed by atoms with E-state index in [1.807, 2.05) is 29.6 Å². The zero-order valence-electron chi connectivity index (χ0n) is 9.10. The number of amides is 1. The number of hydrogen-bond donors (Lipinski definition) is 2. The minimum absolute atomic E-state index is 0.0706. The Labute approximate surface area is 109 Å². The normalized spacial score (nSPS) is 10.4. The minimum Gasteiger partial charge on any atom is -0.393 e. The lowest BCUT2D eigenvalue weighted by atomic mass is 10.1. The highest BCUT2D eigenvalue weighted by Gasteiger charge is 2.10. The van der Waals surface area contributed by atoms with Crippen molar-refractivity contribution in [3.63, 3.8) is 0 Å². The van der Waals surface area contributed by atoms with Crippen LogP contribution in [0.4, 0.5) is 0 Å². The molecular weight excluding hydrogens is 252 g/mol. The summed E-state index contributed by atoms with van der Waals surface area (Å²) in [5, 5.41) is 5.68. The van der Waals surface area contributed by atoms with Crippen molar-refractivity contribution in [2.75, 3.05) is 6.54 Å². The quantitative estimate of drug-likeness (QED) is 0.833. The van der Waals surface area contributed by atoms with Gasteiger partial charge in [0.05, 0.1) is 10.6 Å². The van der Waals surface area contributed by atoms with Crippen LogP contribution in [0.5, 0.6) is 0 Å². The van der Waals surface area contributed by atoms with Gasteiger partial charge in [0.2, 0.25) is 0 Å². The molecule has 88 valence electrons. The lowest BCUT2D eigenvalue weighted by Gasteiger charge is -2.03. The third kappa shape index (κ3) is 2.81. The Bertz CT molecular complexity index is 562. The summed E-state index contributed by atoms with van der Waals surface area (Å²) in [6.45, 7) is 0.484. The molecule has 0 fully saturated rings. The van der Waals surface area contributed by atoms with Crippen LogP contribution >= 0.6 is 23.6 Å². The molecule has 0 bridgehead atoms. The largest absolute Gasteiger partial charge is 0.393 e. The van der Waals surface area contributed by atoms with Gasteiger partial charge in [-0.1, -0.05) is 30.4 Å². The van der Waals surface area contributed by atoms with E-state index < -0.39 is 0 Å². The van der Waals surface area contributed by atoms with Gasteiger partial charge in [0.25, 0.3) is 5.91 Å². The monoisotopic (exact) mass is 264 g/mol. The molecule has 5 heteroatoms. The number of carbonyl (C=O) groups excluding carboxylic acids is 1. The van der Waals surface area contributed by atoms with E-state index in [1.165, 1.54) is 0 Å². The molecule has 3 nitrogen and oxygen atoms in total. The van der Waals surface area contributed by atoms with Crippen LogP contribution in [-0.4, -0.2) is 17.4 Å². The number of nitrogens with two attached hydrogens (primary N) is 1. The van der Waals surface area contributed by atoms with Gasteiger partial charge in [-0.05, 0) is 6.07 Å². The first-order valence-corrected chi connectivity index (χ1v) is 6.50. The molecule has 1 aromatic carbocycles. The van der Waals surface area contributed by atoms with Gasteiger partial charge in [-0.25, -0.2) is 0 Å². The van der Waals surface area contributed by atoms with E-state index in [1.54, 1.807) is 11.3 Å². The second-order valence-corrected chi connectivity index (χ2v) is 5.05. The smallest absolute Gasteiger partial charge is 0.252 e. The van der Waals surface area contributed by atoms with Gasteiger partial charge in [-0.3, -0.25) is 4.79 Å². The predicted molar refractivity (Wildman–Crippen MR) is 75.6 cm³/mol. The summed E-state index contributed by atoms with van der Waals surface area (Å²) < 4.78 is 1.12. The molecule has 0 unspecified atom stereocenters. The number of thiophene rings is 1. The SMILES string of the molecule is NC(=S)CCNC(=O)c1csc2ccccc12.